The Morgan fingerprint density at radius 2 is 1.65 bits per heavy atom. The summed E-state index contributed by atoms with van der Waals surface area (Å²) in [6.07, 6.45) is 0.327. The monoisotopic (exact) mass is 846 g/mol. The van der Waals surface area contributed by atoms with Crippen molar-refractivity contribution in [1.82, 2.24) is 20.1 Å². The van der Waals surface area contributed by atoms with Crippen LogP contribution in [0.5, 0.6) is 11.5 Å². The number of benzene rings is 4. The number of pyridine rings is 1. The third-order valence-electron chi connectivity index (χ3n) is 11.6. The Bertz CT molecular complexity index is 2420. The number of aromatic hydroxyl groups is 1. The molecule has 0 saturated carbocycles. The van der Waals surface area contributed by atoms with Gasteiger partial charge in [-0.05, 0) is 67.1 Å². The van der Waals surface area contributed by atoms with Gasteiger partial charge in [0.1, 0.15) is 17.6 Å². The van der Waals surface area contributed by atoms with E-state index < -0.39 is 18.3 Å². The second kappa shape index (κ2) is 20.4. The Morgan fingerprint density at radius 1 is 0.887 bits per heavy atom. The molecule has 2 atom stereocenters. The summed E-state index contributed by atoms with van der Waals surface area (Å²) in [5, 5.41) is 30.6. The van der Waals surface area contributed by atoms with Crippen molar-refractivity contribution < 1.29 is 38.8 Å². The zero-order chi connectivity index (χ0) is 43.6. The van der Waals surface area contributed by atoms with Crippen LogP contribution in [-0.4, -0.2) is 102 Å². The number of carbonyl (C=O) groups is 3. The fourth-order valence-electron chi connectivity index (χ4n) is 8.16. The van der Waals surface area contributed by atoms with Crippen LogP contribution in [0.15, 0.2) is 95.8 Å². The van der Waals surface area contributed by atoms with Gasteiger partial charge in [-0.2, -0.15) is 0 Å². The van der Waals surface area contributed by atoms with Crippen molar-refractivity contribution >= 4 is 40.4 Å². The minimum absolute atomic E-state index is 0.0321. The molecule has 0 radical (unpaired) electrons. The Labute approximate surface area is 360 Å². The number of aromatic amines is 1. The number of nitrogens with zero attached hydrogens (tertiary/aromatic N) is 2. The van der Waals surface area contributed by atoms with Gasteiger partial charge < -0.3 is 44.5 Å². The lowest BCUT2D eigenvalue weighted by Gasteiger charge is -2.31. The molecule has 7 rings (SSSR count). The molecule has 15 nitrogen and oxygen atoms in total. The number of fused-ring (bicyclic) bond motifs is 1. The number of hydrogen-bond acceptors (Lipinski definition) is 11. The van der Waals surface area contributed by atoms with Gasteiger partial charge in [-0.1, -0.05) is 54.6 Å². The number of H-pyrrole nitrogens is 1. The van der Waals surface area contributed by atoms with Crippen molar-refractivity contribution in [3.05, 3.63) is 118 Å². The molecule has 2 saturated heterocycles. The summed E-state index contributed by atoms with van der Waals surface area (Å²) < 4.78 is 17.0. The van der Waals surface area contributed by atoms with Gasteiger partial charge in [0.15, 0.2) is 0 Å². The molecular weight excluding hydrogens is 793 g/mol. The SMILES string of the molecule is COc1cc(NC(=O)OC[C@@H]2CCN(C(=O)CCN3CCC(OC(=O)Nc4ccccc4-c4ccccc4)CC3)C2)c(C)cc1CNC[C@H](O)c1ccc(O)c2[nH]c(=O)ccc12. The third kappa shape index (κ3) is 11.1. The summed E-state index contributed by atoms with van der Waals surface area (Å²) in [7, 11) is 1.54. The van der Waals surface area contributed by atoms with E-state index >= 15 is 0 Å². The molecule has 1 aromatic heterocycles. The maximum Gasteiger partial charge on any atom is 0.411 e. The molecule has 0 bridgehead atoms. The summed E-state index contributed by atoms with van der Waals surface area (Å²) in [5.41, 5.74) is 5.23. The van der Waals surface area contributed by atoms with Gasteiger partial charge in [-0.15, -0.1) is 0 Å². The molecule has 3 heterocycles. The number of nitrogens with one attached hydrogen (secondary N) is 4. The van der Waals surface area contributed by atoms with Gasteiger partial charge in [-0.25, -0.2) is 9.59 Å². The van der Waals surface area contributed by atoms with Crippen LogP contribution in [0.3, 0.4) is 0 Å². The minimum atomic E-state index is -0.925. The average Bonchev–Trinajstić information content (AvgIpc) is 3.76. The highest BCUT2D eigenvalue weighted by Gasteiger charge is 2.29. The second-order valence-corrected chi connectivity index (χ2v) is 15.9. The van der Waals surface area contributed by atoms with E-state index in [0.29, 0.717) is 73.5 Å². The number of para-hydroxylation sites is 1. The topological polar surface area (TPSA) is 195 Å². The number of aliphatic hydroxyl groups is 1. The molecule has 5 aromatic rings. The highest BCUT2D eigenvalue weighted by Crippen LogP contribution is 2.31. The quantitative estimate of drug-likeness (QED) is 0.0670. The van der Waals surface area contributed by atoms with Gasteiger partial charge in [-0.3, -0.25) is 20.2 Å². The number of piperidine rings is 1. The smallest absolute Gasteiger partial charge is 0.411 e. The number of methoxy groups -OCH3 is 1. The van der Waals surface area contributed by atoms with E-state index in [2.05, 4.69) is 25.8 Å². The van der Waals surface area contributed by atoms with Crippen LogP contribution in [0.1, 0.15) is 48.5 Å². The molecule has 15 heteroatoms. The Hall–Kier alpha value is -6.42. The van der Waals surface area contributed by atoms with Crippen LogP contribution < -0.4 is 26.2 Å². The summed E-state index contributed by atoms with van der Waals surface area (Å²) in [5.74, 6) is 0.563. The highest BCUT2D eigenvalue weighted by molar-refractivity contribution is 5.91. The maximum absolute atomic E-state index is 13.1. The zero-order valence-electron chi connectivity index (χ0n) is 35.0. The number of hydrogen-bond donors (Lipinski definition) is 6. The van der Waals surface area contributed by atoms with Gasteiger partial charge >= 0.3 is 12.2 Å². The van der Waals surface area contributed by atoms with Crippen molar-refractivity contribution in [1.29, 1.82) is 0 Å². The lowest BCUT2D eigenvalue weighted by molar-refractivity contribution is -0.130. The van der Waals surface area contributed by atoms with E-state index in [4.69, 9.17) is 14.2 Å². The lowest BCUT2D eigenvalue weighted by Crippen LogP contribution is -2.40. The molecule has 2 aliphatic rings. The van der Waals surface area contributed by atoms with E-state index in [-0.39, 0.29) is 47.9 Å². The molecule has 2 aliphatic heterocycles. The van der Waals surface area contributed by atoms with Gasteiger partial charge in [0.05, 0.1) is 36.7 Å². The standard InChI is InChI=1S/C47H54N6O9/c1-30-24-33(26-48-27-41(55)36-12-14-40(54)45-37(36)13-15-43(56)51-45)42(60-2)25-39(30)50-46(58)61-29-31-16-23-53(28-31)44(57)19-22-52-20-17-34(18-21-52)62-47(59)49-38-11-7-6-10-35(38)32-8-4-3-5-9-32/h3-15,24-25,31,34,41,48,54-55H,16-23,26-29H2,1-2H3,(H,49,59)(H,50,58)(H,51,56)/t31-,41+/m1/s1. The van der Waals surface area contributed by atoms with Gasteiger partial charge in [0, 0.05) is 86.8 Å². The molecule has 2 fully saturated rings. The van der Waals surface area contributed by atoms with Crippen LogP contribution in [0.4, 0.5) is 21.0 Å². The first kappa shape index (κ1) is 43.7. The number of phenols is 1. The van der Waals surface area contributed by atoms with Crippen molar-refractivity contribution in [3.8, 4) is 22.6 Å². The fraction of sp³-hybridized carbons (Fsp3) is 0.362. The first-order chi connectivity index (χ1) is 30.0. The zero-order valence-corrected chi connectivity index (χ0v) is 35.0. The van der Waals surface area contributed by atoms with Gasteiger partial charge in [0.2, 0.25) is 11.5 Å². The summed E-state index contributed by atoms with van der Waals surface area (Å²) in [6.45, 7) is 5.82. The third-order valence-corrected chi connectivity index (χ3v) is 11.6. The number of aryl methyl sites for hydroxylation is 1. The molecular formula is C47H54N6O9. The molecule has 4 aromatic carbocycles. The first-order valence-corrected chi connectivity index (χ1v) is 21.0. The van der Waals surface area contributed by atoms with Crippen LogP contribution >= 0.6 is 0 Å². The van der Waals surface area contributed by atoms with E-state index in [1.807, 2.05) is 72.5 Å². The molecule has 0 unspecified atom stereocenters. The van der Waals surface area contributed by atoms with Crippen LogP contribution in [0, 0.1) is 12.8 Å². The van der Waals surface area contributed by atoms with Gasteiger partial charge in [0.25, 0.3) is 0 Å². The minimum Gasteiger partial charge on any atom is -0.506 e. The van der Waals surface area contributed by atoms with E-state index in [1.54, 1.807) is 18.2 Å². The molecule has 3 amide bonds. The average molecular weight is 847 g/mol. The molecule has 6 N–H and O–H groups in total. The van der Waals surface area contributed by atoms with Crippen molar-refractivity contribution in [3.63, 3.8) is 0 Å². The number of rotatable bonds is 15. The second-order valence-electron chi connectivity index (χ2n) is 15.9. The number of aliphatic hydroxyl groups excluding tert-OH is 1. The largest absolute Gasteiger partial charge is 0.506 e. The Morgan fingerprint density at radius 3 is 2.44 bits per heavy atom. The number of anilines is 2. The van der Waals surface area contributed by atoms with Crippen LogP contribution in [0.25, 0.3) is 22.0 Å². The van der Waals surface area contributed by atoms with Crippen LogP contribution in [-0.2, 0) is 20.8 Å². The van der Waals surface area contributed by atoms with E-state index in [9.17, 15) is 29.4 Å². The predicted molar refractivity (Wildman–Crippen MR) is 236 cm³/mol. The Balaban J connectivity index is 0.794. The lowest BCUT2D eigenvalue weighted by atomic mass is 10.0. The molecule has 0 spiro atoms. The number of carbonyl (C=O) groups excluding carboxylic acids is 3. The van der Waals surface area contributed by atoms with E-state index in [0.717, 1.165) is 41.8 Å². The Kier molecular flexibility index (Phi) is 14.4. The molecule has 0 aliphatic carbocycles. The molecule has 326 valence electrons. The highest BCUT2D eigenvalue weighted by atomic mass is 16.6. The predicted octanol–water partition coefficient (Wildman–Crippen LogP) is 6.54. The molecule has 62 heavy (non-hydrogen) atoms. The first-order valence-electron chi connectivity index (χ1n) is 21.0. The number of likely N-dealkylation sites (tertiary alicyclic amines) is 2. The van der Waals surface area contributed by atoms with Crippen molar-refractivity contribution in [2.24, 2.45) is 5.92 Å². The van der Waals surface area contributed by atoms with Crippen LogP contribution in [0.2, 0.25) is 0 Å². The maximum atomic E-state index is 13.1. The number of phenolic OH excluding ortho intramolecular Hbond substituents is 1. The number of aromatic nitrogens is 1. The number of ether oxygens (including phenoxy) is 3. The summed E-state index contributed by atoms with van der Waals surface area (Å²) in [6, 6.07) is 27.1. The van der Waals surface area contributed by atoms with E-state index in [1.165, 1.54) is 19.2 Å². The van der Waals surface area contributed by atoms with Crippen molar-refractivity contribution in [2.45, 2.75) is 51.4 Å². The number of amides is 3. The summed E-state index contributed by atoms with van der Waals surface area (Å²) in [4.78, 5) is 57.3. The van der Waals surface area contributed by atoms with Crippen molar-refractivity contribution in [2.75, 3.05) is 63.6 Å². The summed E-state index contributed by atoms with van der Waals surface area (Å²) >= 11 is 0. The normalized spacial score (nSPS) is 16.2. The fourth-order valence-corrected chi connectivity index (χ4v) is 8.16.